The van der Waals surface area contributed by atoms with Crippen LogP contribution in [0.25, 0.3) is 0 Å². The Balaban J connectivity index is 4.15. The van der Waals surface area contributed by atoms with E-state index in [9.17, 15) is 9.00 Å². The minimum atomic E-state index is -1.20. The molecule has 4 nitrogen and oxygen atoms in total. The topological polar surface area (TPSA) is 80.4 Å². The van der Waals surface area contributed by atoms with Crippen molar-refractivity contribution < 1.29 is 14.1 Å². The van der Waals surface area contributed by atoms with Gasteiger partial charge >= 0.3 is 5.97 Å². The van der Waals surface area contributed by atoms with Crippen LogP contribution in [0.5, 0.6) is 0 Å². The molecule has 12 heavy (non-hydrogen) atoms. The summed E-state index contributed by atoms with van der Waals surface area (Å²) in [6, 6.07) is 0. The monoisotopic (exact) mass is 193 g/mol. The van der Waals surface area contributed by atoms with Crippen molar-refractivity contribution >= 4 is 16.8 Å². The van der Waals surface area contributed by atoms with Gasteiger partial charge < -0.3 is 10.8 Å². The third kappa shape index (κ3) is 3.32. The predicted molar refractivity (Wildman–Crippen MR) is 48.4 cm³/mol. The molecular weight excluding hydrogens is 178 g/mol. The van der Waals surface area contributed by atoms with Crippen LogP contribution in [-0.2, 0) is 15.6 Å². The average molecular weight is 193 g/mol. The van der Waals surface area contributed by atoms with Crippen LogP contribution in [0.2, 0.25) is 0 Å². The molecule has 0 saturated heterocycles. The molecule has 0 rings (SSSR count). The zero-order valence-corrected chi connectivity index (χ0v) is 8.19. The Morgan fingerprint density at radius 1 is 1.67 bits per heavy atom. The fraction of sp³-hybridized carbons (Fsp3) is 0.857. The van der Waals surface area contributed by atoms with Gasteiger partial charge in [0.15, 0.2) is 0 Å². The van der Waals surface area contributed by atoms with Crippen LogP contribution in [-0.4, -0.2) is 32.8 Å². The average Bonchev–Trinajstić information content (AvgIpc) is 1.99. The minimum Gasteiger partial charge on any atom is -0.480 e. The van der Waals surface area contributed by atoms with Gasteiger partial charge in [-0.1, -0.05) is 6.92 Å². The smallest absolute Gasteiger partial charge is 0.323 e. The van der Waals surface area contributed by atoms with Gasteiger partial charge in [-0.05, 0) is 12.8 Å². The van der Waals surface area contributed by atoms with Gasteiger partial charge in [-0.2, -0.15) is 0 Å². The van der Waals surface area contributed by atoms with Gasteiger partial charge in [-0.15, -0.1) is 0 Å². The molecule has 0 heterocycles. The normalized spacial score (nSPS) is 18.2. The van der Waals surface area contributed by atoms with Crippen LogP contribution < -0.4 is 5.73 Å². The molecule has 1 unspecified atom stereocenters. The predicted octanol–water partition coefficient (Wildman–Crippen LogP) is -0.0529. The quantitative estimate of drug-likeness (QED) is 0.641. The highest BCUT2D eigenvalue weighted by Crippen LogP contribution is 2.12. The zero-order valence-electron chi connectivity index (χ0n) is 7.37. The van der Waals surface area contributed by atoms with Gasteiger partial charge in [0, 0.05) is 22.8 Å². The highest BCUT2D eigenvalue weighted by Gasteiger charge is 2.31. The fourth-order valence-corrected chi connectivity index (χ4v) is 1.41. The molecule has 3 N–H and O–H groups in total. The van der Waals surface area contributed by atoms with Crippen molar-refractivity contribution in [2.75, 3.05) is 12.0 Å². The molecular formula is C7H15NO3S. The maximum atomic E-state index is 10.7. The Bertz CT molecular complexity index is 195. The Morgan fingerprint density at radius 3 is 2.42 bits per heavy atom. The molecule has 0 aliphatic rings. The molecule has 0 aromatic carbocycles. The SMILES string of the molecule is CC[C@](N)(CCS(C)=O)C(=O)O. The van der Waals surface area contributed by atoms with Crippen molar-refractivity contribution in [3.63, 3.8) is 0 Å². The van der Waals surface area contributed by atoms with E-state index >= 15 is 0 Å². The molecule has 2 atom stereocenters. The zero-order chi connectivity index (χ0) is 9.78. The summed E-state index contributed by atoms with van der Waals surface area (Å²) in [6.07, 6.45) is 2.17. The summed E-state index contributed by atoms with van der Waals surface area (Å²) in [5.41, 5.74) is 4.35. The van der Waals surface area contributed by atoms with Crippen molar-refractivity contribution in [3.8, 4) is 0 Å². The molecule has 0 fully saturated rings. The molecule has 72 valence electrons. The highest BCUT2D eigenvalue weighted by atomic mass is 32.2. The summed E-state index contributed by atoms with van der Waals surface area (Å²) >= 11 is 0. The number of carboxylic acids is 1. The molecule has 0 amide bonds. The van der Waals surface area contributed by atoms with Crippen LogP contribution in [0.15, 0.2) is 0 Å². The number of nitrogens with two attached hydrogens (primary N) is 1. The van der Waals surface area contributed by atoms with Gasteiger partial charge in [0.1, 0.15) is 5.54 Å². The standard InChI is InChI=1S/C7H15NO3S/c1-3-7(8,6(9)10)4-5-12(2)11/h3-5,8H2,1-2H3,(H,9,10)/t7-,12?/m0/s1. The molecule has 0 aromatic rings. The van der Waals surface area contributed by atoms with Crippen LogP contribution in [0.1, 0.15) is 19.8 Å². The second kappa shape index (κ2) is 4.57. The highest BCUT2D eigenvalue weighted by molar-refractivity contribution is 7.84. The number of rotatable bonds is 5. The Labute approximate surface area is 74.6 Å². The van der Waals surface area contributed by atoms with E-state index in [1.807, 2.05) is 0 Å². The third-order valence-corrected chi connectivity index (χ3v) is 2.67. The van der Waals surface area contributed by atoms with E-state index in [1.54, 1.807) is 6.92 Å². The summed E-state index contributed by atoms with van der Waals surface area (Å²) < 4.78 is 10.7. The number of aliphatic carboxylic acids is 1. The van der Waals surface area contributed by atoms with Crippen LogP contribution in [0.4, 0.5) is 0 Å². The molecule has 0 radical (unpaired) electrons. The first kappa shape index (κ1) is 11.6. The summed E-state index contributed by atoms with van der Waals surface area (Å²) in [4.78, 5) is 10.6. The number of hydrogen-bond donors (Lipinski definition) is 2. The van der Waals surface area contributed by atoms with E-state index in [0.29, 0.717) is 12.2 Å². The lowest BCUT2D eigenvalue weighted by Gasteiger charge is -2.21. The molecule has 0 spiro atoms. The van der Waals surface area contributed by atoms with E-state index in [4.69, 9.17) is 10.8 Å². The number of hydrogen-bond acceptors (Lipinski definition) is 3. The minimum absolute atomic E-state index is 0.266. The summed E-state index contributed by atoms with van der Waals surface area (Å²) in [6.45, 7) is 1.71. The molecule has 0 aliphatic carbocycles. The summed E-state index contributed by atoms with van der Waals surface area (Å²) in [7, 11) is -0.974. The van der Waals surface area contributed by atoms with Gasteiger partial charge in [-0.3, -0.25) is 9.00 Å². The Kier molecular flexibility index (Phi) is 4.41. The summed E-state index contributed by atoms with van der Waals surface area (Å²) in [5.74, 6) is -0.674. The van der Waals surface area contributed by atoms with E-state index in [2.05, 4.69) is 0 Å². The number of carbonyl (C=O) groups is 1. The lowest BCUT2D eigenvalue weighted by Crippen LogP contribution is -2.48. The van der Waals surface area contributed by atoms with Crippen molar-refractivity contribution in [2.45, 2.75) is 25.3 Å². The van der Waals surface area contributed by atoms with Crippen molar-refractivity contribution in [1.29, 1.82) is 0 Å². The van der Waals surface area contributed by atoms with Gasteiger partial charge in [0.05, 0.1) is 0 Å². The maximum absolute atomic E-state index is 10.7. The van der Waals surface area contributed by atoms with Gasteiger partial charge in [-0.25, -0.2) is 0 Å². The first-order valence-corrected chi connectivity index (χ1v) is 5.47. The van der Waals surface area contributed by atoms with Crippen LogP contribution in [0.3, 0.4) is 0 Å². The van der Waals surface area contributed by atoms with Crippen molar-refractivity contribution in [3.05, 3.63) is 0 Å². The summed E-state index contributed by atoms with van der Waals surface area (Å²) in [5, 5.41) is 8.72. The number of carboxylic acid groups (broad SMARTS) is 1. The third-order valence-electron chi connectivity index (χ3n) is 1.89. The molecule has 0 aliphatic heterocycles. The molecule has 0 bridgehead atoms. The Morgan fingerprint density at radius 2 is 2.17 bits per heavy atom. The van der Waals surface area contributed by atoms with Crippen LogP contribution >= 0.6 is 0 Å². The second-order valence-electron chi connectivity index (χ2n) is 2.84. The Hall–Kier alpha value is -0.420. The van der Waals surface area contributed by atoms with Crippen LogP contribution in [0, 0.1) is 0 Å². The lowest BCUT2D eigenvalue weighted by atomic mass is 9.95. The van der Waals surface area contributed by atoms with Crippen molar-refractivity contribution in [1.82, 2.24) is 0 Å². The molecule has 5 heteroatoms. The van der Waals surface area contributed by atoms with Crippen molar-refractivity contribution in [2.24, 2.45) is 5.73 Å². The first-order chi connectivity index (χ1) is 5.42. The van der Waals surface area contributed by atoms with E-state index in [0.717, 1.165) is 0 Å². The van der Waals surface area contributed by atoms with Gasteiger partial charge in [0.25, 0.3) is 0 Å². The largest absolute Gasteiger partial charge is 0.480 e. The van der Waals surface area contributed by atoms with Gasteiger partial charge in [0.2, 0.25) is 0 Å². The maximum Gasteiger partial charge on any atom is 0.323 e. The molecule has 0 aromatic heterocycles. The van der Waals surface area contributed by atoms with E-state index in [1.165, 1.54) is 6.26 Å². The van der Waals surface area contributed by atoms with E-state index in [-0.39, 0.29) is 6.42 Å². The second-order valence-corrected chi connectivity index (χ2v) is 4.40. The fourth-order valence-electron chi connectivity index (χ4n) is 0.761. The first-order valence-electron chi connectivity index (χ1n) is 3.74. The van der Waals surface area contributed by atoms with E-state index < -0.39 is 22.3 Å². The lowest BCUT2D eigenvalue weighted by molar-refractivity contribution is -0.143. The molecule has 0 saturated carbocycles.